The van der Waals surface area contributed by atoms with Gasteiger partial charge in [-0.15, -0.1) is 10.2 Å². The maximum absolute atomic E-state index is 13.1. The summed E-state index contributed by atoms with van der Waals surface area (Å²) in [4.78, 5) is 3.90. The Morgan fingerprint density at radius 2 is 1.84 bits per heavy atom. The van der Waals surface area contributed by atoms with Crippen LogP contribution in [0.15, 0.2) is 49.1 Å². The minimum Gasteiger partial charge on any atom is -0.289 e. The van der Waals surface area contributed by atoms with E-state index in [2.05, 4.69) is 15.2 Å². The number of halogens is 2. The Morgan fingerprint density at radius 3 is 2.47 bits per heavy atom. The molecule has 1 aromatic carbocycles. The van der Waals surface area contributed by atoms with Crippen LogP contribution in [0.4, 0.5) is 8.78 Å². The molecule has 0 aliphatic rings. The highest BCUT2D eigenvalue weighted by molar-refractivity contribution is 5.58. The summed E-state index contributed by atoms with van der Waals surface area (Å²) in [5.74, 6) is -1.19. The average molecular weight is 258 g/mol. The van der Waals surface area contributed by atoms with Gasteiger partial charge in [0, 0.05) is 18.0 Å². The van der Waals surface area contributed by atoms with Crippen molar-refractivity contribution in [1.82, 2.24) is 19.7 Å². The minimum atomic E-state index is -0.905. The van der Waals surface area contributed by atoms with Crippen LogP contribution in [0.5, 0.6) is 0 Å². The molecule has 3 aromatic rings. The standard InChI is InChI=1S/C13H8F2N4/c14-10-2-1-9(7-11(10)15)12-3-4-13(18-17-12)19-6-5-16-8-19/h1-8H. The van der Waals surface area contributed by atoms with Gasteiger partial charge in [-0.2, -0.15) is 0 Å². The lowest BCUT2D eigenvalue weighted by Gasteiger charge is -2.03. The van der Waals surface area contributed by atoms with Crippen molar-refractivity contribution in [2.45, 2.75) is 0 Å². The van der Waals surface area contributed by atoms with Gasteiger partial charge in [-0.1, -0.05) is 0 Å². The Kier molecular flexibility index (Phi) is 2.75. The Hall–Kier alpha value is -2.63. The Bertz CT molecular complexity index is 693. The van der Waals surface area contributed by atoms with Crippen LogP contribution in [0.1, 0.15) is 0 Å². The van der Waals surface area contributed by atoms with Gasteiger partial charge in [0.25, 0.3) is 0 Å². The fraction of sp³-hybridized carbons (Fsp3) is 0. The molecular formula is C13H8F2N4. The number of aromatic nitrogens is 4. The molecule has 3 rings (SSSR count). The molecule has 4 nitrogen and oxygen atoms in total. The van der Waals surface area contributed by atoms with Crippen molar-refractivity contribution < 1.29 is 8.78 Å². The van der Waals surface area contributed by atoms with Crippen LogP contribution >= 0.6 is 0 Å². The first-order valence-corrected chi connectivity index (χ1v) is 5.51. The smallest absolute Gasteiger partial charge is 0.160 e. The van der Waals surface area contributed by atoms with Crippen molar-refractivity contribution in [3.05, 3.63) is 60.7 Å². The molecule has 0 atom stereocenters. The Balaban J connectivity index is 1.96. The lowest BCUT2D eigenvalue weighted by Crippen LogP contribution is -1.97. The normalized spacial score (nSPS) is 10.6. The number of benzene rings is 1. The topological polar surface area (TPSA) is 43.6 Å². The van der Waals surface area contributed by atoms with Crippen LogP contribution in [-0.4, -0.2) is 19.7 Å². The van der Waals surface area contributed by atoms with Gasteiger partial charge < -0.3 is 0 Å². The molecule has 0 spiro atoms. The molecule has 2 heterocycles. The van der Waals surface area contributed by atoms with E-state index in [1.807, 2.05) is 0 Å². The zero-order valence-corrected chi connectivity index (χ0v) is 9.66. The molecule has 0 bridgehead atoms. The maximum atomic E-state index is 13.1. The van der Waals surface area contributed by atoms with E-state index in [0.717, 1.165) is 12.1 Å². The predicted molar refractivity (Wildman–Crippen MR) is 64.5 cm³/mol. The van der Waals surface area contributed by atoms with E-state index in [9.17, 15) is 8.78 Å². The van der Waals surface area contributed by atoms with Crippen LogP contribution in [0.3, 0.4) is 0 Å². The van der Waals surface area contributed by atoms with E-state index in [1.165, 1.54) is 6.07 Å². The van der Waals surface area contributed by atoms with Gasteiger partial charge in [-0.05, 0) is 30.3 Å². The highest BCUT2D eigenvalue weighted by atomic mass is 19.2. The summed E-state index contributed by atoms with van der Waals surface area (Å²) in [6.07, 6.45) is 4.97. The molecule has 0 radical (unpaired) electrons. The third-order valence-electron chi connectivity index (χ3n) is 2.63. The van der Waals surface area contributed by atoms with Crippen molar-refractivity contribution in [3.63, 3.8) is 0 Å². The van der Waals surface area contributed by atoms with E-state index >= 15 is 0 Å². The lowest BCUT2D eigenvalue weighted by atomic mass is 10.1. The second-order valence-corrected chi connectivity index (χ2v) is 3.88. The summed E-state index contributed by atoms with van der Waals surface area (Å²) in [5.41, 5.74) is 0.950. The zero-order valence-electron chi connectivity index (χ0n) is 9.66. The molecular weight excluding hydrogens is 250 g/mol. The first kappa shape index (κ1) is 11.5. The number of imidazole rings is 1. The lowest BCUT2D eigenvalue weighted by molar-refractivity contribution is 0.509. The van der Waals surface area contributed by atoms with Crippen molar-refractivity contribution in [3.8, 4) is 17.1 Å². The molecule has 0 amide bonds. The molecule has 0 fully saturated rings. The first-order valence-electron chi connectivity index (χ1n) is 5.51. The van der Waals surface area contributed by atoms with E-state index in [0.29, 0.717) is 17.1 Å². The second kappa shape index (κ2) is 4.56. The van der Waals surface area contributed by atoms with E-state index in [-0.39, 0.29) is 0 Å². The van der Waals surface area contributed by atoms with Gasteiger partial charge in [0.05, 0.1) is 5.69 Å². The monoisotopic (exact) mass is 258 g/mol. The molecule has 0 N–H and O–H groups in total. The molecule has 94 valence electrons. The third kappa shape index (κ3) is 2.20. The molecule has 6 heteroatoms. The maximum Gasteiger partial charge on any atom is 0.160 e. The third-order valence-corrected chi connectivity index (χ3v) is 2.63. The van der Waals surface area contributed by atoms with Crippen LogP contribution in [0.25, 0.3) is 17.1 Å². The minimum absolute atomic E-state index is 0.475. The Labute approximate surface area is 107 Å². The summed E-state index contributed by atoms with van der Waals surface area (Å²) < 4.78 is 27.7. The number of nitrogens with zero attached hydrogens (tertiary/aromatic N) is 4. The summed E-state index contributed by atoms with van der Waals surface area (Å²) in [6, 6.07) is 7.03. The van der Waals surface area contributed by atoms with Gasteiger partial charge >= 0.3 is 0 Å². The van der Waals surface area contributed by atoms with Crippen LogP contribution in [0, 0.1) is 11.6 Å². The van der Waals surface area contributed by atoms with Crippen LogP contribution in [0.2, 0.25) is 0 Å². The zero-order chi connectivity index (χ0) is 13.2. The van der Waals surface area contributed by atoms with Crippen molar-refractivity contribution in [2.75, 3.05) is 0 Å². The number of hydrogen-bond acceptors (Lipinski definition) is 3. The SMILES string of the molecule is Fc1ccc(-c2ccc(-n3ccnc3)nn2)cc1F. The van der Waals surface area contributed by atoms with Crippen molar-refractivity contribution in [2.24, 2.45) is 0 Å². The molecule has 19 heavy (non-hydrogen) atoms. The largest absolute Gasteiger partial charge is 0.289 e. The highest BCUT2D eigenvalue weighted by Gasteiger charge is 2.06. The van der Waals surface area contributed by atoms with Gasteiger partial charge in [-0.3, -0.25) is 4.57 Å². The van der Waals surface area contributed by atoms with Gasteiger partial charge in [0.2, 0.25) is 0 Å². The van der Waals surface area contributed by atoms with Gasteiger partial charge in [-0.25, -0.2) is 13.8 Å². The summed E-state index contributed by atoms with van der Waals surface area (Å²) >= 11 is 0. The predicted octanol–water partition coefficient (Wildman–Crippen LogP) is 2.61. The quantitative estimate of drug-likeness (QED) is 0.709. The van der Waals surface area contributed by atoms with E-state index in [4.69, 9.17) is 0 Å². The van der Waals surface area contributed by atoms with E-state index < -0.39 is 11.6 Å². The average Bonchev–Trinajstić information content (AvgIpc) is 2.96. The molecule has 0 saturated heterocycles. The molecule has 0 unspecified atom stereocenters. The molecule has 0 aliphatic carbocycles. The summed E-state index contributed by atoms with van der Waals surface area (Å²) in [5, 5.41) is 7.99. The number of hydrogen-bond donors (Lipinski definition) is 0. The van der Waals surface area contributed by atoms with E-state index in [1.54, 1.807) is 35.4 Å². The Morgan fingerprint density at radius 1 is 0.947 bits per heavy atom. The fourth-order valence-electron chi connectivity index (χ4n) is 1.67. The molecule has 0 saturated carbocycles. The van der Waals surface area contributed by atoms with Crippen LogP contribution < -0.4 is 0 Å². The summed E-state index contributed by atoms with van der Waals surface area (Å²) in [6.45, 7) is 0. The van der Waals surface area contributed by atoms with Gasteiger partial charge in [0.15, 0.2) is 17.5 Å². The van der Waals surface area contributed by atoms with Crippen molar-refractivity contribution >= 4 is 0 Å². The first-order chi connectivity index (χ1) is 9.24. The molecule has 0 aliphatic heterocycles. The van der Waals surface area contributed by atoms with Crippen molar-refractivity contribution in [1.29, 1.82) is 0 Å². The second-order valence-electron chi connectivity index (χ2n) is 3.88. The van der Waals surface area contributed by atoms with Crippen LogP contribution in [-0.2, 0) is 0 Å². The van der Waals surface area contributed by atoms with Gasteiger partial charge in [0.1, 0.15) is 6.33 Å². The highest BCUT2D eigenvalue weighted by Crippen LogP contribution is 2.19. The number of rotatable bonds is 2. The summed E-state index contributed by atoms with van der Waals surface area (Å²) in [7, 11) is 0. The molecule has 2 aromatic heterocycles. The fourth-order valence-corrected chi connectivity index (χ4v) is 1.67.